The molecule has 1 aromatic heterocycles. The lowest BCUT2D eigenvalue weighted by Gasteiger charge is -2.09. The van der Waals surface area contributed by atoms with Gasteiger partial charge in [0, 0.05) is 29.2 Å². The predicted octanol–water partition coefficient (Wildman–Crippen LogP) is 2.45. The van der Waals surface area contributed by atoms with E-state index in [1.807, 2.05) is 30.5 Å². The lowest BCUT2D eigenvalue weighted by atomic mass is 10.0. The molecule has 0 radical (unpaired) electrons. The van der Waals surface area contributed by atoms with E-state index >= 15 is 0 Å². The fourth-order valence-electron chi connectivity index (χ4n) is 2.57. The van der Waals surface area contributed by atoms with Crippen molar-refractivity contribution in [3.05, 3.63) is 36.0 Å². The molecule has 4 heteroatoms. The van der Waals surface area contributed by atoms with Gasteiger partial charge in [0.1, 0.15) is 6.54 Å². The highest BCUT2D eigenvalue weighted by atomic mass is 16.2. The Morgan fingerprint density at radius 1 is 1.33 bits per heavy atom. The van der Waals surface area contributed by atoms with Gasteiger partial charge < -0.3 is 15.6 Å². The van der Waals surface area contributed by atoms with Crippen LogP contribution in [0.2, 0.25) is 0 Å². The topological polar surface area (TPSA) is 60.0 Å². The maximum absolute atomic E-state index is 12.0. The Morgan fingerprint density at radius 2 is 2.05 bits per heavy atom. The lowest BCUT2D eigenvalue weighted by molar-refractivity contribution is -0.122. The summed E-state index contributed by atoms with van der Waals surface area (Å²) in [7, 11) is 0. The Morgan fingerprint density at radius 3 is 2.71 bits per heavy atom. The molecule has 0 aliphatic rings. The Labute approximate surface area is 126 Å². The van der Waals surface area contributed by atoms with Crippen LogP contribution in [0, 0.1) is 0 Å². The van der Waals surface area contributed by atoms with Gasteiger partial charge in [-0.2, -0.15) is 0 Å². The van der Waals surface area contributed by atoms with Crippen molar-refractivity contribution < 1.29 is 4.79 Å². The molecule has 0 saturated heterocycles. The van der Waals surface area contributed by atoms with Crippen molar-refractivity contribution in [3.8, 4) is 0 Å². The zero-order chi connectivity index (χ0) is 15.4. The molecule has 21 heavy (non-hydrogen) atoms. The van der Waals surface area contributed by atoms with E-state index in [9.17, 15) is 4.79 Å². The van der Waals surface area contributed by atoms with Crippen molar-refractivity contribution in [2.24, 2.45) is 5.73 Å². The Balaban J connectivity index is 2.29. The van der Waals surface area contributed by atoms with Crippen LogP contribution in [0.3, 0.4) is 0 Å². The van der Waals surface area contributed by atoms with Crippen LogP contribution in [0.4, 0.5) is 0 Å². The third-order valence-corrected chi connectivity index (χ3v) is 3.64. The summed E-state index contributed by atoms with van der Waals surface area (Å²) in [6.45, 7) is 6.38. The minimum atomic E-state index is 0.0390. The van der Waals surface area contributed by atoms with Gasteiger partial charge in [-0.1, -0.05) is 25.1 Å². The first-order valence-electron chi connectivity index (χ1n) is 7.63. The summed E-state index contributed by atoms with van der Waals surface area (Å²) in [6, 6.07) is 8.51. The molecule has 0 bridgehead atoms. The van der Waals surface area contributed by atoms with E-state index in [1.165, 1.54) is 10.9 Å². The van der Waals surface area contributed by atoms with E-state index in [0.717, 1.165) is 18.4 Å². The summed E-state index contributed by atoms with van der Waals surface area (Å²) in [4.78, 5) is 12.0. The fraction of sp³-hybridized carbons (Fsp3) is 0.471. The number of nitrogens with two attached hydrogens (primary N) is 1. The number of benzene rings is 1. The zero-order valence-corrected chi connectivity index (χ0v) is 13.1. The van der Waals surface area contributed by atoms with Crippen molar-refractivity contribution in [2.45, 2.75) is 52.2 Å². The highest BCUT2D eigenvalue weighted by Gasteiger charge is 2.13. The van der Waals surface area contributed by atoms with Crippen LogP contribution in [0.5, 0.6) is 0 Å². The molecular weight excluding hydrogens is 262 g/mol. The molecule has 0 saturated carbocycles. The molecule has 1 atom stereocenters. The van der Waals surface area contributed by atoms with Gasteiger partial charge >= 0.3 is 0 Å². The summed E-state index contributed by atoms with van der Waals surface area (Å²) < 4.78 is 2.02. The third-order valence-electron chi connectivity index (χ3n) is 3.64. The Hall–Kier alpha value is -1.81. The van der Waals surface area contributed by atoms with Crippen LogP contribution < -0.4 is 11.1 Å². The Kier molecular flexibility index (Phi) is 5.02. The molecular formula is C17H25N3O. The minimum Gasteiger partial charge on any atom is -0.352 e. The number of carbonyl (C=O) groups is 1. The van der Waals surface area contributed by atoms with Gasteiger partial charge in [-0.25, -0.2) is 0 Å². The van der Waals surface area contributed by atoms with Crippen LogP contribution in [-0.2, 0) is 17.8 Å². The van der Waals surface area contributed by atoms with Crippen LogP contribution >= 0.6 is 0 Å². The van der Waals surface area contributed by atoms with E-state index in [1.54, 1.807) is 0 Å². The summed E-state index contributed by atoms with van der Waals surface area (Å²) in [5.74, 6) is 0.0390. The number of para-hydroxylation sites is 1. The molecule has 0 spiro atoms. The van der Waals surface area contributed by atoms with E-state index < -0.39 is 0 Å². The number of rotatable bonds is 6. The highest BCUT2D eigenvalue weighted by Crippen LogP contribution is 2.22. The van der Waals surface area contributed by atoms with Crippen molar-refractivity contribution in [3.63, 3.8) is 0 Å². The van der Waals surface area contributed by atoms with E-state index in [2.05, 4.69) is 30.6 Å². The number of nitrogens with zero attached hydrogens (tertiary/aromatic N) is 1. The third kappa shape index (κ3) is 3.85. The molecule has 3 N–H and O–H groups in total. The average molecular weight is 287 g/mol. The van der Waals surface area contributed by atoms with Crippen molar-refractivity contribution in [1.29, 1.82) is 0 Å². The van der Waals surface area contributed by atoms with Crippen LogP contribution in [0.1, 0.15) is 32.8 Å². The first-order chi connectivity index (χ1) is 10.0. The fourth-order valence-corrected chi connectivity index (χ4v) is 2.57. The molecule has 1 amide bonds. The molecule has 1 unspecified atom stereocenters. The second kappa shape index (κ2) is 6.76. The van der Waals surface area contributed by atoms with E-state index in [0.29, 0.717) is 6.54 Å². The number of hydrogen-bond acceptors (Lipinski definition) is 2. The second-order valence-corrected chi connectivity index (χ2v) is 5.89. The Bertz CT molecular complexity index is 616. The molecule has 0 aliphatic carbocycles. The van der Waals surface area contributed by atoms with Crippen LogP contribution in [0.25, 0.3) is 10.9 Å². The van der Waals surface area contributed by atoms with Gasteiger partial charge in [-0.05, 0) is 38.3 Å². The summed E-state index contributed by atoms with van der Waals surface area (Å²) in [6.07, 6.45) is 3.86. The smallest absolute Gasteiger partial charge is 0.240 e. The number of fused-ring (bicyclic) bond motifs is 1. The van der Waals surface area contributed by atoms with Gasteiger partial charge in [-0.3, -0.25) is 4.79 Å². The number of hydrogen-bond donors (Lipinski definition) is 2. The molecule has 1 aromatic carbocycles. The normalized spacial score (nSPS) is 12.8. The van der Waals surface area contributed by atoms with Crippen molar-refractivity contribution in [2.75, 3.05) is 0 Å². The zero-order valence-electron chi connectivity index (χ0n) is 13.1. The first kappa shape index (κ1) is 15.6. The van der Waals surface area contributed by atoms with Gasteiger partial charge in [0.05, 0.1) is 0 Å². The monoisotopic (exact) mass is 287 g/mol. The molecule has 0 aliphatic heterocycles. The van der Waals surface area contributed by atoms with Crippen LogP contribution in [0.15, 0.2) is 30.5 Å². The predicted molar refractivity (Wildman–Crippen MR) is 87.2 cm³/mol. The molecule has 114 valence electrons. The number of carbonyl (C=O) groups excluding carboxylic acids is 1. The molecule has 1 heterocycles. The summed E-state index contributed by atoms with van der Waals surface area (Å²) >= 11 is 0. The number of amides is 1. The molecule has 2 aromatic rings. The maximum atomic E-state index is 12.0. The van der Waals surface area contributed by atoms with Gasteiger partial charge in [0.15, 0.2) is 0 Å². The molecule has 2 rings (SSSR count). The second-order valence-electron chi connectivity index (χ2n) is 5.89. The first-order valence-corrected chi connectivity index (χ1v) is 7.63. The van der Waals surface area contributed by atoms with Crippen molar-refractivity contribution >= 4 is 16.8 Å². The SMILES string of the molecule is CCC(N)Cc1cn(CC(=O)NC(C)C)c2ccccc12. The number of nitrogens with one attached hydrogen (secondary N) is 1. The van der Waals surface area contributed by atoms with Gasteiger partial charge in [0.25, 0.3) is 0 Å². The van der Waals surface area contributed by atoms with Gasteiger partial charge in [-0.15, -0.1) is 0 Å². The highest BCUT2D eigenvalue weighted by molar-refractivity contribution is 5.86. The largest absolute Gasteiger partial charge is 0.352 e. The van der Waals surface area contributed by atoms with E-state index in [-0.39, 0.29) is 18.0 Å². The molecule has 0 fully saturated rings. The standard InChI is InChI=1S/C17H25N3O/c1-4-14(18)9-13-10-20(11-17(21)19-12(2)3)16-8-6-5-7-15(13)16/h5-8,10,12,14H,4,9,11,18H2,1-3H3,(H,19,21). The quantitative estimate of drug-likeness (QED) is 0.857. The minimum absolute atomic E-state index is 0.0390. The maximum Gasteiger partial charge on any atom is 0.240 e. The molecule has 4 nitrogen and oxygen atoms in total. The van der Waals surface area contributed by atoms with E-state index in [4.69, 9.17) is 5.73 Å². The van der Waals surface area contributed by atoms with Crippen molar-refractivity contribution in [1.82, 2.24) is 9.88 Å². The van der Waals surface area contributed by atoms with Gasteiger partial charge in [0.2, 0.25) is 5.91 Å². The summed E-state index contributed by atoms with van der Waals surface area (Å²) in [5, 5.41) is 4.13. The summed E-state index contributed by atoms with van der Waals surface area (Å²) in [5.41, 5.74) is 8.40. The average Bonchev–Trinajstić information content (AvgIpc) is 2.76. The number of aromatic nitrogens is 1. The van der Waals surface area contributed by atoms with Crippen LogP contribution in [-0.4, -0.2) is 22.6 Å². The lowest BCUT2D eigenvalue weighted by Crippen LogP contribution is -2.32.